The van der Waals surface area contributed by atoms with Gasteiger partial charge in [-0.2, -0.15) is 0 Å². The van der Waals surface area contributed by atoms with Crippen molar-refractivity contribution in [3.63, 3.8) is 0 Å². The van der Waals surface area contributed by atoms with E-state index in [-0.39, 0.29) is 5.75 Å². The lowest BCUT2D eigenvalue weighted by Crippen LogP contribution is -2.20. The summed E-state index contributed by atoms with van der Waals surface area (Å²) in [5.41, 5.74) is 1.73. The number of benzene rings is 1. The average molecular weight is 253 g/mol. The highest BCUT2D eigenvalue weighted by molar-refractivity contribution is 6.33. The van der Waals surface area contributed by atoms with Crippen molar-refractivity contribution < 1.29 is 15.0 Å². The van der Waals surface area contributed by atoms with Crippen molar-refractivity contribution in [2.24, 2.45) is 0 Å². The number of carbonyl (C=O) groups is 1. The van der Waals surface area contributed by atoms with E-state index in [9.17, 15) is 15.0 Å². The number of carboxylic acid groups (broad SMARTS) is 1. The third kappa shape index (κ3) is 1.38. The van der Waals surface area contributed by atoms with Crippen LogP contribution in [0.3, 0.4) is 0 Å². The van der Waals surface area contributed by atoms with Crippen molar-refractivity contribution in [1.29, 1.82) is 0 Å². The molecule has 0 atom stereocenters. The van der Waals surface area contributed by atoms with Crippen molar-refractivity contribution in [2.45, 2.75) is 37.5 Å². The molecule has 0 saturated heterocycles. The van der Waals surface area contributed by atoms with Gasteiger partial charge < -0.3 is 10.2 Å². The summed E-state index contributed by atoms with van der Waals surface area (Å²) in [6.07, 6.45) is 4.01. The van der Waals surface area contributed by atoms with Gasteiger partial charge in [0.2, 0.25) is 0 Å². The number of carboxylic acids is 1. The zero-order valence-electron chi connectivity index (χ0n) is 9.29. The quantitative estimate of drug-likeness (QED) is 0.851. The zero-order valence-corrected chi connectivity index (χ0v) is 10.0. The van der Waals surface area contributed by atoms with Crippen LogP contribution in [0.1, 0.15) is 36.0 Å². The minimum absolute atomic E-state index is 0.0211. The lowest BCUT2D eigenvalue weighted by atomic mass is 9.92. The van der Waals surface area contributed by atoms with Crippen molar-refractivity contribution in [1.82, 2.24) is 0 Å². The van der Waals surface area contributed by atoms with Gasteiger partial charge in [-0.3, -0.25) is 4.79 Å². The third-order valence-corrected chi connectivity index (χ3v) is 4.39. The van der Waals surface area contributed by atoms with E-state index >= 15 is 0 Å². The molecule has 3 rings (SSSR count). The van der Waals surface area contributed by atoms with Crippen LogP contribution in [-0.4, -0.2) is 16.2 Å². The Bertz CT molecular complexity index is 518. The summed E-state index contributed by atoms with van der Waals surface area (Å²) >= 11 is 6.14. The molecule has 0 spiro atoms. The second-order valence-corrected chi connectivity index (χ2v) is 5.34. The largest absolute Gasteiger partial charge is 0.506 e. The van der Waals surface area contributed by atoms with Crippen LogP contribution in [0, 0.1) is 0 Å². The molecule has 0 unspecified atom stereocenters. The second kappa shape index (κ2) is 3.39. The molecule has 1 fully saturated rings. The first kappa shape index (κ1) is 10.9. The van der Waals surface area contributed by atoms with Gasteiger partial charge in [0.1, 0.15) is 5.75 Å². The average Bonchev–Trinajstić information content (AvgIpc) is 2.97. The number of hydrogen-bond donors (Lipinski definition) is 2. The lowest BCUT2D eigenvalue weighted by molar-refractivity contribution is -0.140. The zero-order chi connectivity index (χ0) is 12.2. The summed E-state index contributed by atoms with van der Waals surface area (Å²) in [6, 6.07) is 1.85. The Morgan fingerprint density at radius 3 is 2.65 bits per heavy atom. The van der Waals surface area contributed by atoms with E-state index in [2.05, 4.69) is 0 Å². The topological polar surface area (TPSA) is 57.5 Å². The molecule has 0 bridgehead atoms. The summed E-state index contributed by atoms with van der Waals surface area (Å²) in [7, 11) is 0. The van der Waals surface area contributed by atoms with Gasteiger partial charge in [0.05, 0.1) is 10.4 Å². The first-order chi connectivity index (χ1) is 8.06. The standard InChI is InChI=1S/C13H13ClO3/c14-10-8-3-1-2-7(8)6-9(11(10)15)13(4-5-13)12(16)17/h6,15H,1-5H2,(H,16,17). The predicted molar refractivity (Wildman–Crippen MR) is 63.7 cm³/mol. The normalized spacial score (nSPS) is 20.1. The van der Waals surface area contributed by atoms with E-state index in [1.807, 2.05) is 6.07 Å². The number of hydrogen-bond acceptors (Lipinski definition) is 2. The number of phenolic OH excluding ortho intramolecular Hbond substituents is 1. The van der Waals surface area contributed by atoms with Crippen molar-refractivity contribution in [2.75, 3.05) is 0 Å². The molecule has 0 aromatic heterocycles. The van der Waals surface area contributed by atoms with Gasteiger partial charge in [-0.1, -0.05) is 17.7 Å². The van der Waals surface area contributed by atoms with Gasteiger partial charge in [-0.15, -0.1) is 0 Å². The van der Waals surface area contributed by atoms with Crippen LogP contribution in [0.5, 0.6) is 5.75 Å². The Hall–Kier alpha value is -1.22. The van der Waals surface area contributed by atoms with Crippen LogP contribution in [0.4, 0.5) is 0 Å². The molecule has 0 amide bonds. The summed E-state index contributed by atoms with van der Waals surface area (Å²) in [4.78, 5) is 11.3. The minimum atomic E-state index is -0.884. The summed E-state index contributed by atoms with van der Waals surface area (Å²) in [6.45, 7) is 0. The molecule has 2 aliphatic carbocycles. The molecule has 2 aliphatic rings. The van der Waals surface area contributed by atoms with E-state index in [4.69, 9.17) is 11.6 Å². The fourth-order valence-electron chi connectivity index (χ4n) is 2.77. The van der Waals surface area contributed by atoms with E-state index in [1.165, 1.54) is 0 Å². The highest BCUT2D eigenvalue weighted by Gasteiger charge is 2.53. The van der Waals surface area contributed by atoms with Crippen molar-refractivity contribution >= 4 is 17.6 Å². The Balaban J connectivity index is 2.19. The number of aliphatic carboxylic acids is 1. The number of halogens is 1. The maximum Gasteiger partial charge on any atom is 0.314 e. The first-order valence-electron chi connectivity index (χ1n) is 5.83. The summed E-state index contributed by atoms with van der Waals surface area (Å²) < 4.78 is 0. The van der Waals surface area contributed by atoms with Crippen LogP contribution >= 0.6 is 11.6 Å². The van der Waals surface area contributed by atoms with Gasteiger partial charge in [-0.25, -0.2) is 0 Å². The molecule has 0 aliphatic heterocycles. The Kier molecular flexibility index (Phi) is 2.17. The first-order valence-corrected chi connectivity index (χ1v) is 6.21. The summed E-state index contributed by atoms with van der Waals surface area (Å²) in [5.74, 6) is -0.881. The molecule has 0 radical (unpaired) electrons. The molecular formula is C13H13ClO3. The van der Waals surface area contributed by atoms with Crippen LogP contribution in [-0.2, 0) is 23.1 Å². The molecule has 2 N–H and O–H groups in total. The molecule has 4 heteroatoms. The fourth-order valence-corrected chi connectivity index (χ4v) is 3.09. The van der Waals surface area contributed by atoms with E-state index in [1.54, 1.807) is 0 Å². The number of aromatic hydroxyl groups is 1. The van der Waals surface area contributed by atoms with E-state index in [0.717, 1.165) is 30.4 Å². The van der Waals surface area contributed by atoms with Gasteiger partial charge in [0.15, 0.2) is 0 Å². The Morgan fingerprint density at radius 1 is 1.35 bits per heavy atom. The van der Waals surface area contributed by atoms with Gasteiger partial charge in [0, 0.05) is 5.56 Å². The van der Waals surface area contributed by atoms with Gasteiger partial charge in [-0.05, 0) is 43.2 Å². The fraction of sp³-hybridized carbons (Fsp3) is 0.462. The van der Waals surface area contributed by atoms with Gasteiger partial charge in [0.25, 0.3) is 0 Å². The number of fused-ring (bicyclic) bond motifs is 1. The summed E-state index contributed by atoms with van der Waals surface area (Å²) in [5, 5.41) is 19.7. The molecule has 1 aromatic rings. The number of phenols is 1. The maximum atomic E-state index is 11.3. The minimum Gasteiger partial charge on any atom is -0.506 e. The molecular weight excluding hydrogens is 240 g/mol. The molecule has 90 valence electrons. The van der Waals surface area contributed by atoms with Gasteiger partial charge >= 0.3 is 5.97 Å². The Labute approximate surface area is 104 Å². The monoisotopic (exact) mass is 252 g/mol. The van der Waals surface area contributed by atoms with Crippen molar-refractivity contribution in [3.8, 4) is 5.75 Å². The second-order valence-electron chi connectivity index (χ2n) is 4.97. The lowest BCUT2D eigenvalue weighted by Gasteiger charge is -2.16. The number of aryl methyl sites for hydroxylation is 1. The Morgan fingerprint density at radius 2 is 2.06 bits per heavy atom. The van der Waals surface area contributed by atoms with E-state index in [0.29, 0.717) is 23.4 Å². The van der Waals surface area contributed by atoms with Crippen LogP contribution < -0.4 is 0 Å². The highest BCUT2D eigenvalue weighted by Crippen LogP contribution is 2.54. The molecule has 1 aromatic carbocycles. The van der Waals surface area contributed by atoms with E-state index < -0.39 is 11.4 Å². The van der Waals surface area contributed by atoms with Crippen LogP contribution in [0.15, 0.2) is 6.07 Å². The van der Waals surface area contributed by atoms with Crippen molar-refractivity contribution in [3.05, 3.63) is 27.8 Å². The molecule has 1 saturated carbocycles. The van der Waals surface area contributed by atoms with Crippen LogP contribution in [0.2, 0.25) is 5.02 Å². The smallest absolute Gasteiger partial charge is 0.314 e. The molecule has 17 heavy (non-hydrogen) atoms. The number of rotatable bonds is 2. The highest BCUT2D eigenvalue weighted by atomic mass is 35.5. The maximum absolute atomic E-state index is 11.3. The molecule has 0 heterocycles. The SMILES string of the molecule is O=C(O)C1(c2cc3c(c(Cl)c2O)CCC3)CC1. The van der Waals surface area contributed by atoms with Crippen LogP contribution in [0.25, 0.3) is 0 Å². The molecule has 3 nitrogen and oxygen atoms in total. The third-order valence-electron chi connectivity index (χ3n) is 3.98. The predicted octanol–water partition coefficient (Wildman–Crippen LogP) is 2.65.